The van der Waals surface area contributed by atoms with Gasteiger partial charge in [0.15, 0.2) is 0 Å². The zero-order valence-electron chi connectivity index (χ0n) is 8.59. The first-order valence-electron chi connectivity index (χ1n) is 4.74. The standard InChI is InChI=1S/C10H10BrN3OS/c1-6-10(16-14-13-6)9(15)4-8-3-2-7(11)5-12-8/h2-3,5,9,15H,4H2,1H3. The van der Waals surface area contributed by atoms with Gasteiger partial charge >= 0.3 is 0 Å². The topological polar surface area (TPSA) is 58.9 Å². The molecule has 0 aliphatic carbocycles. The number of rotatable bonds is 3. The lowest BCUT2D eigenvalue weighted by Gasteiger charge is -2.07. The maximum atomic E-state index is 9.99. The maximum Gasteiger partial charge on any atom is 0.0972 e. The third-order valence-electron chi connectivity index (χ3n) is 2.18. The number of halogens is 1. The fourth-order valence-electron chi connectivity index (χ4n) is 1.36. The molecule has 16 heavy (non-hydrogen) atoms. The molecule has 0 spiro atoms. The summed E-state index contributed by atoms with van der Waals surface area (Å²) in [6, 6.07) is 3.80. The van der Waals surface area contributed by atoms with Gasteiger partial charge in [-0.25, -0.2) is 0 Å². The molecule has 2 aromatic heterocycles. The molecule has 0 fully saturated rings. The van der Waals surface area contributed by atoms with E-state index < -0.39 is 6.10 Å². The summed E-state index contributed by atoms with van der Waals surface area (Å²) in [5.74, 6) is 0. The Hall–Kier alpha value is -0.850. The number of aliphatic hydroxyl groups excluding tert-OH is 1. The van der Waals surface area contributed by atoms with E-state index in [0.29, 0.717) is 6.42 Å². The molecule has 0 aliphatic rings. The molecule has 0 saturated heterocycles. The molecule has 2 aromatic rings. The van der Waals surface area contributed by atoms with Crippen molar-refractivity contribution in [3.05, 3.63) is 39.1 Å². The predicted octanol–water partition coefficient (Wildman–Crippen LogP) is 2.28. The highest BCUT2D eigenvalue weighted by Crippen LogP contribution is 2.22. The number of hydrogen-bond acceptors (Lipinski definition) is 5. The molecule has 0 aliphatic heterocycles. The Labute approximate surface area is 106 Å². The van der Waals surface area contributed by atoms with Crippen molar-refractivity contribution in [3.8, 4) is 0 Å². The Morgan fingerprint density at radius 3 is 2.88 bits per heavy atom. The molecule has 2 heterocycles. The minimum Gasteiger partial charge on any atom is -0.387 e. The van der Waals surface area contributed by atoms with Gasteiger partial charge in [0.1, 0.15) is 0 Å². The normalized spacial score (nSPS) is 12.7. The van der Waals surface area contributed by atoms with Crippen molar-refractivity contribution in [1.82, 2.24) is 14.6 Å². The lowest BCUT2D eigenvalue weighted by Crippen LogP contribution is -2.02. The van der Waals surface area contributed by atoms with E-state index >= 15 is 0 Å². The van der Waals surface area contributed by atoms with Crippen LogP contribution in [0.1, 0.15) is 22.4 Å². The lowest BCUT2D eigenvalue weighted by atomic mass is 10.1. The van der Waals surface area contributed by atoms with Crippen LogP contribution in [-0.4, -0.2) is 19.7 Å². The maximum absolute atomic E-state index is 9.99. The van der Waals surface area contributed by atoms with Crippen LogP contribution in [0, 0.1) is 6.92 Å². The molecule has 84 valence electrons. The average Bonchev–Trinajstić information content (AvgIpc) is 2.68. The van der Waals surface area contributed by atoms with Gasteiger partial charge in [-0.2, -0.15) is 0 Å². The number of pyridine rings is 1. The SMILES string of the molecule is Cc1nnsc1C(O)Cc1ccc(Br)cn1. The van der Waals surface area contributed by atoms with Gasteiger partial charge in [0.05, 0.1) is 16.7 Å². The van der Waals surface area contributed by atoms with Crippen LogP contribution in [0.3, 0.4) is 0 Å². The highest BCUT2D eigenvalue weighted by molar-refractivity contribution is 9.10. The smallest absolute Gasteiger partial charge is 0.0972 e. The van der Waals surface area contributed by atoms with Crippen molar-refractivity contribution in [1.29, 1.82) is 0 Å². The fraction of sp³-hybridized carbons (Fsp3) is 0.300. The number of hydrogen-bond donors (Lipinski definition) is 1. The summed E-state index contributed by atoms with van der Waals surface area (Å²) in [6.07, 6.45) is 1.63. The fourth-order valence-corrected chi connectivity index (χ4v) is 2.22. The van der Waals surface area contributed by atoms with Crippen molar-refractivity contribution >= 4 is 27.5 Å². The van der Waals surface area contributed by atoms with Crippen LogP contribution in [0.25, 0.3) is 0 Å². The van der Waals surface area contributed by atoms with Gasteiger partial charge in [-0.15, -0.1) is 5.10 Å². The van der Waals surface area contributed by atoms with Crippen LogP contribution in [0.2, 0.25) is 0 Å². The summed E-state index contributed by atoms with van der Waals surface area (Å²) in [7, 11) is 0. The number of aromatic nitrogens is 3. The van der Waals surface area contributed by atoms with Gasteiger partial charge in [0.25, 0.3) is 0 Å². The second-order valence-electron chi connectivity index (χ2n) is 3.41. The number of aliphatic hydroxyl groups is 1. The van der Waals surface area contributed by atoms with Gasteiger partial charge in [0.2, 0.25) is 0 Å². The molecule has 0 aromatic carbocycles. The third kappa shape index (κ3) is 2.63. The van der Waals surface area contributed by atoms with Crippen LogP contribution in [-0.2, 0) is 6.42 Å². The third-order valence-corrected chi connectivity index (χ3v) is 3.58. The van der Waals surface area contributed by atoms with E-state index in [0.717, 1.165) is 20.7 Å². The van der Waals surface area contributed by atoms with Crippen molar-refractivity contribution in [2.75, 3.05) is 0 Å². The molecule has 0 amide bonds. The predicted molar refractivity (Wildman–Crippen MR) is 65.2 cm³/mol. The van der Waals surface area contributed by atoms with Gasteiger partial charge in [-0.1, -0.05) is 4.49 Å². The monoisotopic (exact) mass is 299 g/mol. The second-order valence-corrected chi connectivity index (χ2v) is 5.11. The Balaban J connectivity index is 2.10. The highest BCUT2D eigenvalue weighted by Gasteiger charge is 2.15. The molecule has 1 N–H and O–H groups in total. The second kappa shape index (κ2) is 4.99. The van der Waals surface area contributed by atoms with Gasteiger partial charge < -0.3 is 5.11 Å². The van der Waals surface area contributed by atoms with Crippen molar-refractivity contribution in [2.24, 2.45) is 0 Å². The molecule has 6 heteroatoms. The minimum atomic E-state index is -0.575. The van der Waals surface area contributed by atoms with E-state index in [-0.39, 0.29) is 0 Å². The van der Waals surface area contributed by atoms with Crippen molar-refractivity contribution in [3.63, 3.8) is 0 Å². The quantitative estimate of drug-likeness (QED) is 0.945. The number of nitrogens with zero attached hydrogens (tertiary/aromatic N) is 3. The highest BCUT2D eigenvalue weighted by atomic mass is 79.9. The Kier molecular flexibility index (Phi) is 3.63. The summed E-state index contributed by atoms with van der Waals surface area (Å²) in [5, 5.41) is 13.9. The Morgan fingerprint density at radius 2 is 2.31 bits per heavy atom. The van der Waals surface area contributed by atoms with E-state index in [4.69, 9.17) is 0 Å². The van der Waals surface area contributed by atoms with E-state index in [1.807, 2.05) is 19.1 Å². The van der Waals surface area contributed by atoms with Crippen LogP contribution in [0.5, 0.6) is 0 Å². The van der Waals surface area contributed by atoms with Crippen LogP contribution >= 0.6 is 27.5 Å². The van der Waals surface area contributed by atoms with Gasteiger partial charge in [-0.3, -0.25) is 4.98 Å². The summed E-state index contributed by atoms with van der Waals surface area (Å²) in [6.45, 7) is 1.84. The summed E-state index contributed by atoms with van der Waals surface area (Å²) >= 11 is 4.55. The zero-order valence-corrected chi connectivity index (χ0v) is 11.0. The molecular formula is C10H10BrN3OS. The van der Waals surface area contributed by atoms with Crippen molar-refractivity contribution < 1.29 is 5.11 Å². The summed E-state index contributed by atoms with van der Waals surface area (Å²) in [5.41, 5.74) is 1.64. The van der Waals surface area contributed by atoms with Crippen LogP contribution < -0.4 is 0 Å². The molecule has 0 saturated carbocycles. The van der Waals surface area contributed by atoms with Crippen LogP contribution in [0.4, 0.5) is 0 Å². The molecular weight excluding hydrogens is 290 g/mol. The first kappa shape index (κ1) is 11.6. The zero-order chi connectivity index (χ0) is 11.5. The first-order chi connectivity index (χ1) is 7.66. The molecule has 0 radical (unpaired) electrons. The molecule has 2 rings (SSSR count). The molecule has 1 atom stereocenters. The Morgan fingerprint density at radius 1 is 1.50 bits per heavy atom. The summed E-state index contributed by atoms with van der Waals surface area (Å²) < 4.78 is 4.73. The summed E-state index contributed by atoms with van der Waals surface area (Å²) in [4.78, 5) is 5.02. The van der Waals surface area contributed by atoms with E-state index in [2.05, 4.69) is 30.5 Å². The van der Waals surface area contributed by atoms with E-state index in [9.17, 15) is 5.11 Å². The van der Waals surface area contributed by atoms with Gasteiger partial charge in [0, 0.05) is 22.8 Å². The largest absolute Gasteiger partial charge is 0.387 e. The Bertz CT molecular complexity index is 471. The van der Waals surface area contributed by atoms with E-state index in [1.165, 1.54) is 11.5 Å². The van der Waals surface area contributed by atoms with Crippen molar-refractivity contribution in [2.45, 2.75) is 19.4 Å². The minimum absolute atomic E-state index is 0.484. The lowest BCUT2D eigenvalue weighted by molar-refractivity contribution is 0.180. The number of aryl methyl sites for hydroxylation is 1. The molecule has 4 nitrogen and oxygen atoms in total. The first-order valence-corrected chi connectivity index (χ1v) is 6.31. The van der Waals surface area contributed by atoms with E-state index in [1.54, 1.807) is 6.20 Å². The molecule has 0 bridgehead atoms. The van der Waals surface area contributed by atoms with Gasteiger partial charge in [-0.05, 0) is 46.5 Å². The average molecular weight is 300 g/mol. The van der Waals surface area contributed by atoms with Crippen LogP contribution in [0.15, 0.2) is 22.8 Å². The molecule has 1 unspecified atom stereocenters.